The zero-order valence-corrected chi connectivity index (χ0v) is 11.7. The number of nitrogens with zero attached hydrogens (tertiary/aromatic N) is 1. The number of nitrogens with one attached hydrogen (secondary N) is 1. The van der Waals surface area contributed by atoms with Gasteiger partial charge in [-0.05, 0) is 12.5 Å². The first-order chi connectivity index (χ1) is 8.94. The van der Waals surface area contributed by atoms with Crippen LogP contribution in [0.1, 0.15) is 22.7 Å². The first kappa shape index (κ1) is 13.8. The molecule has 0 bridgehead atoms. The first-order valence-electron chi connectivity index (χ1n) is 5.88. The van der Waals surface area contributed by atoms with E-state index in [1.54, 1.807) is 13.0 Å². The lowest BCUT2D eigenvalue weighted by Crippen LogP contribution is -2.24. The smallest absolute Gasteiger partial charge is 0.216 e. The number of oxazole rings is 1. The van der Waals surface area contributed by atoms with Crippen LogP contribution in [-0.4, -0.2) is 13.4 Å². The van der Waals surface area contributed by atoms with Crippen molar-refractivity contribution in [3.63, 3.8) is 0 Å². The maximum Gasteiger partial charge on any atom is 0.216 e. The molecule has 1 aromatic heterocycles. The molecule has 1 N–H and O–H groups in total. The van der Waals surface area contributed by atoms with Crippen molar-refractivity contribution in [2.75, 3.05) is 0 Å². The van der Waals surface area contributed by atoms with Crippen LogP contribution in [0.4, 0.5) is 0 Å². The molecule has 0 saturated heterocycles. The molecule has 0 aliphatic heterocycles. The Morgan fingerprint density at radius 3 is 2.74 bits per heavy atom. The number of hydrogen-bond acceptors (Lipinski definition) is 4. The number of benzene rings is 1. The standard InChI is InChI=1S/C13H16N2O3S/c1-10-4-3-5-12(6-10)9-19(16,17)14-7-13-8-18-11(2)15-13/h3-6,8,14H,7,9H2,1-2H3. The van der Waals surface area contributed by atoms with Gasteiger partial charge in [-0.15, -0.1) is 0 Å². The third-order valence-electron chi connectivity index (χ3n) is 2.58. The van der Waals surface area contributed by atoms with Gasteiger partial charge in [0, 0.05) is 6.92 Å². The van der Waals surface area contributed by atoms with Crippen molar-refractivity contribution in [2.24, 2.45) is 0 Å². The van der Waals surface area contributed by atoms with E-state index in [1.165, 1.54) is 6.26 Å². The topological polar surface area (TPSA) is 72.2 Å². The predicted molar refractivity (Wildman–Crippen MR) is 71.9 cm³/mol. The largest absolute Gasteiger partial charge is 0.449 e. The third-order valence-corrected chi connectivity index (χ3v) is 3.88. The Labute approximate surface area is 112 Å². The van der Waals surface area contributed by atoms with Gasteiger partial charge < -0.3 is 4.42 Å². The molecule has 0 spiro atoms. The second-order valence-electron chi connectivity index (χ2n) is 4.43. The molecular weight excluding hydrogens is 264 g/mol. The summed E-state index contributed by atoms with van der Waals surface area (Å²) < 4.78 is 31.4. The lowest BCUT2D eigenvalue weighted by molar-refractivity contribution is 0.520. The van der Waals surface area contributed by atoms with Gasteiger partial charge in [0.05, 0.1) is 18.0 Å². The maximum atomic E-state index is 11.9. The molecule has 6 heteroatoms. The maximum absolute atomic E-state index is 11.9. The Morgan fingerprint density at radius 1 is 1.32 bits per heavy atom. The summed E-state index contributed by atoms with van der Waals surface area (Å²) in [6, 6.07) is 7.44. The van der Waals surface area contributed by atoms with Gasteiger partial charge in [0.2, 0.25) is 10.0 Å². The molecule has 0 aliphatic carbocycles. The normalized spacial score (nSPS) is 11.7. The Bertz CT molecular complexity index is 662. The van der Waals surface area contributed by atoms with E-state index in [1.807, 2.05) is 25.1 Å². The summed E-state index contributed by atoms with van der Waals surface area (Å²) >= 11 is 0. The van der Waals surface area contributed by atoms with Crippen LogP contribution in [0, 0.1) is 13.8 Å². The molecule has 0 aliphatic rings. The highest BCUT2D eigenvalue weighted by molar-refractivity contribution is 7.88. The average molecular weight is 280 g/mol. The number of rotatable bonds is 5. The molecule has 102 valence electrons. The van der Waals surface area contributed by atoms with Crippen LogP contribution in [0.25, 0.3) is 0 Å². The highest BCUT2D eigenvalue weighted by Crippen LogP contribution is 2.08. The van der Waals surface area contributed by atoms with Crippen molar-refractivity contribution in [3.05, 3.63) is 53.2 Å². The number of aromatic nitrogens is 1. The van der Waals surface area contributed by atoms with Gasteiger partial charge >= 0.3 is 0 Å². The summed E-state index contributed by atoms with van der Waals surface area (Å²) in [7, 11) is -3.37. The summed E-state index contributed by atoms with van der Waals surface area (Å²) in [5.41, 5.74) is 2.38. The molecule has 0 atom stereocenters. The third kappa shape index (κ3) is 4.18. The molecule has 2 rings (SSSR count). The van der Waals surface area contributed by atoms with E-state index >= 15 is 0 Å². The molecule has 0 fully saturated rings. The summed E-state index contributed by atoms with van der Waals surface area (Å²) in [6.45, 7) is 3.79. The van der Waals surface area contributed by atoms with Gasteiger partial charge in [-0.3, -0.25) is 0 Å². The lowest BCUT2D eigenvalue weighted by atomic mass is 10.2. The molecule has 5 nitrogen and oxygen atoms in total. The molecule has 1 aromatic carbocycles. The number of sulfonamides is 1. The van der Waals surface area contributed by atoms with Crippen molar-refractivity contribution in [1.82, 2.24) is 9.71 Å². The van der Waals surface area contributed by atoms with Crippen LogP contribution in [-0.2, 0) is 22.3 Å². The molecular formula is C13H16N2O3S. The Hall–Kier alpha value is -1.66. The molecule has 0 amide bonds. The monoisotopic (exact) mass is 280 g/mol. The molecule has 0 radical (unpaired) electrons. The highest BCUT2D eigenvalue weighted by atomic mass is 32.2. The van der Waals surface area contributed by atoms with E-state index in [0.717, 1.165) is 11.1 Å². The first-order valence-corrected chi connectivity index (χ1v) is 7.54. The zero-order chi connectivity index (χ0) is 13.9. The fourth-order valence-electron chi connectivity index (χ4n) is 1.75. The van der Waals surface area contributed by atoms with E-state index in [-0.39, 0.29) is 12.3 Å². The molecule has 0 unspecified atom stereocenters. The van der Waals surface area contributed by atoms with Crippen LogP contribution >= 0.6 is 0 Å². The van der Waals surface area contributed by atoms with Crippen LogP contribution in [0.3, 0.4) is 0 Å². The minimum absolute atomic E-state index is 0.0362. The highest BCUT2D eigenvalue weighted by Gasteiger charge is 2.12. The summed E-state index contributed by atoms with van der Waals surface area (Å²) in [4.78, 5) is 4.04. The minimum Gasteiger partial charge on any atom is -0.449 e. The minimum atomic E-state index is -3.37. The summed E-state index contributed by atoms with van der Waals surface area (Å²) in [5, 5.41) is 0. The van der Waals surface area contributed by atoms with Crippen LogP contribution < -0.4 is 4.72 Å². The van der Waals surface area contributed by atoms with Gasteiger partial charge in [0.15, 0.2) is 5.89 Å². The Morgan fingerprint density at radius 2 is 2.11 bits per heavy atom. The molecule has 19 heavy (non-hydrogen) atoms. The van der Waals surface area contributed by atoms with Gasteiger partial charge in [0.25, 0.3) is 0 Å². The number of hydrogen-bond donors (Lipinski definition) is 1. The second-order valence-corrected chi connectivity index (χ2v) is 6.23. The van der Waals surface area contributed by atoms with E-state index in [4.69, 9.17) is 4.42 Å². The van der Waals surface area contributed by atoms with Crippen LogP contribution in [0.15, 0.2) is 34.9 Å². The fourth-order valence-corrected chi connectivity index (χ4v) is 2.83. The van der Waals surface area contributed by atoms with E-state index in [9.17, 15) is 8.42 Å². The summed E-state index contributed by atoms with van der Waals surface area (Å²) in [5.74, 6) is 0.485. The van der Waals surface area contributed by atoms with Crippen molar-refractivity contribution < 1.29 is 12.8 Å². The van der Waals surface area contributed by atoms with Crippen molar-refractivity contribution in [2.45, 2.75) is 26.1 Å². The zero-order valence-electron chi connectivity index (χ0n) is 10.9. The SMILES string of the molecule is Cc1cccc(CS(=O)(=O)NCc2coc(C)n2)c1. The molecule has 2 aromatic rings. The van der Waals surface area contributed by atoms with Crippen molar-refractivity contribution in [1.29, 1.82) is 0 Å². The quantitative estimate of drug-likeness (QED) is 0.908. The van der Waals surface area contributed by atoms with E-state index < -0.39 is 10.0 Å². The van der Waals surface area contributed by atoms with Crippen molar-refractivity contribution >= 4 is 10.0 Å². The van der Waals surface area contributed by atoms with E-state index in [2.05, 4.69) is 9.71 Å². The fraction of sp³-hybridized carbons (Fsp3) is 0.308. The average Bonchev–Trinajstić information content (AvgIpc) is 2.72. The second kappa shape index (κ2) is 5.54. The van der Waals surface area contributed by atoms with Crippen LogP contribution in [0.2, 0.25) is 0 Å². The van der Waals surface area contributed by atoms with Gasteiger partial charge in [-0.2, -0.15) is 0 Å². The lowest BCUT2D eigenvalue weighted by Gasteiger charge is -2.05. The Balaban J connectivity index is 1.99. The van der Waals surface area contributed by atoms with E-state index in [0.29, 0.717) is 11.6 Å². The van der Waals surface area contributed by atoms with Crippen LogP contribution in [0.5, 0.6) is 0 Å². The number of aryl methyl sites for hydroxylation is 2. The predicted octanol–water partition coefficient (Wildman–Crippen LogP) is 1.91. The van der Waals surface area contributed by atoms with Crippen molar-refractivity contribution in [3.8, 4) is 0 Å². The summed E-state index contributed by atoms with van der Waals surface area (Å²) in [6.07, 6.45) is 1.45. The molecule has 1 heterocycles. The van der Waals surface area contributed by atoms with Gasteiger partial charge in [0.1, 0.15) is 6.26 Å². The van der Waals surface area contributed by atoms with Gasteiger partial charge in [-0.25, -0.2) is 18.1 Å². The molecule has 0 saturated carbocycles. The Kier molecular flexibility index (Phi) is 4.01. The van der Waals surface area contributed by atoms with Gasteiger partial charge in [-0.1, -0.05) is 29.8 Å².